The predicted octanol–water partition coefficient (Wildman–Crippen LogP) is 7.86. The summed E-state index contributed by atoms with van der Waals surface area (Å²) in [4.78, 5) is 20.8. The summed E-state index contributed by atoms with van der Waals surface area (Å²) >= 11 is 0. The smallest absolute Gasteiger partial charge is 0.196 e. The van der Waals surface area contributed by atoms with Crippen LogP contribution in [0.1, 0.15) is 125 Å². The zero-order valence-electron chi connectivity index (χ0n) is 25.8. The molecule has 0 amide bonds. The topological polar surface area (TPSA) is 80.9 Å². The second-order valence-corrected chi connectivity index (χ2v) is 23.5. The molecule has 204 valence electrons. The Labute approximate surface area is 226 Å². The second kappa shape index (κ2) is 18.3. The van der Waals surface area contributed by atoms with Gasteiger partial charge in [-0.05, 0) is 74.8 Å². The predicted molar refractivity (Wildman–Crippen MR) is 150 cm³/mol. The van der Waals surface area contributed by atoms with E-state index in [9.17, 15) is 9.59 Å². The molecule has 0 radical (unpaired) electrons. The van der Waals surface area contributed by atoms with Crippen LogP contribution in [0.25, 0.3) is 0 Å². The Morgan fingerprint density at radius 1 is 0.394 bits per heavy atom. The van der Waals surface area contributed by atoms with Crippen LogP contribution in [0.2, 0.25) is 33.2 Å². The van der Waals surface area contributed by atoms with Crippen LogP contribution in [-0.2, 0) is 21.7 Å². The minimum absolute atomic E-state index is 0. The van der Waals surface area contributed by atoms with Crippen LogP contribution in [0, 0.1) is 0 Å². The van der Waals surface area contributed by atoms with Crippen molar-refractivity contribution >= 4 is 16.6 Å². The van der Waals surface area contributed by atoms with Crippen LogP contribution in [0.5, 0.6) is 0 Å². The summed E-state index contributed by atoms with van der Waals surface area (Å²) in [5.74, 6) is 0. The number of hydrogen-bond donors (Lipinski definition) is 4. The third kappa shape index (κ3) is 23.2. The van der Waals surface area contributed by atoms with Crippen molar-refractivity contribution in [2.45, 2.75) is 169 Å². The molecular formula is C26H64O4Si2Ti. The minimum Gasteiger partial charge on any atom is -0.431 e. The van der Waals surface area contributed by atoms with Crippen LogP contribution in [0.4, 0.5) is 0 Å². The monoisotopic (exact) mass is 544 g/mol. The SMILES string of the molecule is CC(C)(C)O.CC(C)(C)O.CC(C)[Si](O)(C(C)C)C(C)C.CC(C)[Si](O)(C(C)C)C(C)C.[Ti]. The molecule has 0 aromatic carbocycles. The Bertz CT molecular complexity index is 355. The maximum absolute atomic E-state index is 10.4. The number of hydrogen-bond acceptors (Lipinski definition) is 4. The molecule has 33 heavy (non-hydrogen) atoms. The van der Waals surface area contributed by atoms with Gasteiger partial charge in [-0.1, -0.05) is 83.1 Å². The molecule has 0 spiro atoms. The van der Waals surface area contributed by atoms with Gasteiger partial charge >= 0.3 is 0 Å². The molecule has 0 saturated heterocycles. The van der Waals surface area contributed by atoms with Crippen LogP contribution >= 0.6 is 0 Å². The summed E-state index contributed by atoms with van der Waals surface area (Å²) in [6, 6.07) is 0. The van der Waals surface area contributed by atoms with Crippen molar-refractivity contribution in [1.29, 1.82) is 0 Å². The quantitative estimate of drug-likeness (QED) is 0.257. The molecule has 0 fully saturated rings. The van der Waals surface area contributed by atoms with Gasteiger partial charge in [0.1, 0.15) is 0 Å². The van der Waals surface area contributed by atoms with E-state index in [1.807, 2.05) is 0 Å². The van der Waals surface area contributed by atoms with E-state index in [0.29, 0.717) is 33.2 Å². The van der Waals surface area contributed by atoms with Crippen molar-refractivity contribution < 1.29 is 41.5 Å². The van der Waals surface area contributed by atoms with Crippen LogP contribution in [-0.4, -0.2) is 47.6 Å². The van der Waals surface area contributed by atoms with Crippen LogP contribution in [0.3, 0.4) is 0 Å². The Balaban J connectivity index is -0.000000112. The third-order valence-corrected chi connectivity index (χ3v) is 16.6. The second-order valence-electron chi connectivity index (χ2n) is 13.0. The van der Waals surface area contributed by atoms with Crippen LogP contribution in [0.15, 0.2) is 0 Å². The van der Waals surface area contributed by atoms with Crippen molar-refractivity contribution in [1.82, 2.24) is 0 Å². The molecule has 0 aliphatic heterocycles. The third-order valence-electron chi connectivity index (χ3n) is 5.55. The normalized spacial score (nSPS) is 12.7. The van der Waals surface area contributed by atoms with Crippen molar-refractivity contribution in [3.63, 3.8) is 0 Å². The minimum atomic E-state index is -1.98. The summed E-state index contributed by atoms with van der Waals surface area (Å²) in [6.07, 6.45) is 0. The van der Waals surface area contributed by atoms with Crippen LogP contribution < -0.4 is 0 Å². The van der Waals surface area contributed by atoms with Gasteiger partial charge < -0.3 is 19.8 Å². The summed E-state index contributed by atoms with van der Waals surface area (Å²) in [5.41, 5.74) is 1.85. The maximum Gasteiger partial charge on any atom is 0.196 e. The molecule has 0 saturated carbocycles. The fourth-order valence-electron chi connectivity index (χ4n) is 4.00. The molecule has 4 N–H and O–H groups in total. The first kappa shape index (κ1) is 44.0. The molecule has 0 aromatic heterocycles. The Kier molecular flexibility index (Phi) is 24.4. The number of rotatable bonds is 6. The largest absolute Gasteiger partial charge is 0.431 e. The van der Waals surface area contributed by atoms with Gasteiger partial charge in [0.2, 0.25) is 0 Å². The molecule has 0 aliphatic rings. The summed E-state index contributed by atoms with van der Waals surface area (Å²) < 4.78 is 0. The van der Waals surface area contributed by atoms with E-state index in [2.05, 4.69) is 83.1 Å². The van der Waals surface area contributed by atoms with Crippen molar-refractivity contribution in [3.8, 4) is 0 Å². The van der Waals surface area contributed by atoms with E-state index in [4.69, 9.17) is 10.2 Å². The average molecular weight is 545 g/mol. The van der Waals surface area contributed by atoms with E-state index >= 15 is 0 Å². The molecular weight excluding hydrogens is 480 g/mol. The van der Waals surface area contributed by atoms with Gasteiger partial charge in [0.25, 0.3) is 0 Å². The Morgan fingerprint density at radius 2 is 0.455 bits per heavy atom. The van der Waals surface area contributed by atoms with E-state index in [1.165, 1.54) is 0 Å². The van der Waals surface area contributed by atoms with Gasteiger partial charge in [0.05, 0.1) is 11.2 Å². The average Bonchev–Trinajstić information content (AvgIpc) is 2.49. The van der Waals surface area contributed by atoms with Gasteiger partial charge in [-0.25, -0.2) is 0 Å². The summed E-state index contributed by atoms with van der Waals surface area (Å²) in [5, 5.41) is 17.0. The molecule has 0 unspecified atom stereocenters. The molecule has 7 heteroatoms. The van der Waals surface area contributed by atoms with E-state index in [0.717, 1.165) is 0 Å². The standard InChI is InChI=1S/2C9H22OSi.2C4H10O.Ti/c2*1-7(2)11(10,8(3)4)9(5)6;2*1-4(2,3)5;/h2*7-10H,1-6H3;2*5H,1-3H3;. The zero-order valence-corrected chi connectivity index (χ0v) is 29.3. The zero-order chi connectivity index (χ0) is 27.5. The molecule has 0 bridgehead atoms. The van der Waals surface area contributed by atoms with Gasteiger partial charge in [0, 0.05) is 21.7 Å². The molecule has 0 atom stereocenters. The van der Waals surface area contributed by atoms with Gasteiger partial charge in [-0.2, -0.15) is 0 Å². The Hall–Kier alpha value is 0.988. The molecule has 0 aromatic rings. The van der Waals surface area contributed by atoms with Crippen molar-refractivity contribution in [3.05, 3.63) is 0 Å². The fourth-order valence-corrected chi connectivity index (χ4v) is 12.0. The van der Waals surface area contributed by atoms with Crippen molar-refractivity contribution in [2.24, 2.45) is 0 Å². The number of aliphatic hydroxyl groups is 2. The first-order chi connectivity index (χ1) is 13.7. The van der Waals surface area contributed by atoms with Gasteiger partial charge in [-0.15, -0.1) is 0 Å². The first-order valence-electron chi connectivity index (χ1n) is 12.6. The van der Waals surface area contributed by atoms with Gasteiger partial charge in [-0.3, -0.25) is 0 Å². The van der Waals surface area contributed by atoms with E-state index in [1.54, 1.807) is 41.5 Å². The molecule has 4 nitrogen and oxygen atoms in total. The van der Waals surface area contributed by atoms with E-state index in [-0.39, 0.29) is 21.7 Å². The first-order valence-corrected chi connectivity index (χ1v) is 16.9. The van der Waals surface area contributed by atoms with E-state index < -0.39 is 27.8 Å². The molecule has 0 aliphatic carbocycles. The van der Waals surface area contributed by atoms with Crippen molar-refractivity contribution in [2.75, 3.05) is 0 Å². The summed E-state index contributed by atoms with van der Waals surface area (Å²) in [7, 11) is -3.96. The maximum atomic E-state index is 10.4. The summed E-state index contributed by atoms with van der Waals surface area (Å²) in [6.45, 7) is 36.2. The molecule has 0 heterocycles. The fraction of sp³-hybridized carbons (Fsp3) is 1.00. The van der Waals surface area contributed by atoms with Gasteiger partial charge in [0.15, 0.2) is 16.6 Å². The molecule has 0 rings (SSSR count). The Morgan fingerprint density at radius 3 is 0.455 bits per heavy atom.